The summed E-state index contributed by atoms with van der Waals surface area (Å²) in [6.07, 6.45) is 0.131. The summed E-state index contributed by atoms with van der Waals surface area (Å²) in [5, 5.41) is 4.28. The van der Waals surface area contributed by atoms with Gasteiger partial charge in [0.15, 0.2) is 0 Å². The summed E-state index contributed by atoms with van der Waals surface area (Å²) in [6.45, 7) is 4.66. The van der Waals surface area contributed by atoms with E-state index >= 15 is 0 Å². The monoisotopic (exact) mass is 331 g/mol. The van der Waals surface area contributed by atoms with Crippen molar-refractivity contribution in [1.82, 2.24) is 14.8 Å². The SMILES string of the molecule is CCCc1c(-c2cc(Cl)ncc2C(F)(F)F)cnn1CCC. The third-order valence-corrected chi connectivity index (χ3v) is 3.54. The van der Waals surface area contributed by atoms with E-state index in [1.54, 1.807) is 4.68 Å². The molecule has 0 N–H and O–H groups in total. The molecule has 0 saturated carbocycles. The first-order chi connectivity index (χ1) is 10.4. The van der Waals surface area contributed by atoms with Crippen LogP contribution in [-0.4, -0.2) is 14.8 Å². The lowest BCUT2D eigenvalue weighted by molar-refractivity contribution is -0.137. The summed E-state index contributed by atoms with van der Waals surface area (Å²) in [4.78, 5) is 3.57. The molecule has 0 aliphatic carbocycles. The number of pyridine rings is 1. The molecular formula is C15H17ClF3N3. The Kier molecular flexibility index (Phi) is 5.11. The normalized spacial score (nSPS) is 11.9. The number of halogens is 4. The van der Waals surface area contributed by atoms with Crippen LogP contribution in [0.3, 0.4) is 0 Å². The highest BCUT2D eigenvalue weighted by molar-refractivity contribution is 6.29. The van der Waals surface area contributed by atoms with Gasteiger partial charge >= 0.3 is 6.18 Å². The standard InChI is InChI=1S/C15H17ClF3N3/c1-3-5-13-11(8-21-22(13)6-4-2)10-7-14(16)20-9-12(10)15(17,18)19/h7-9H,3-6H2,1-2H3. The third kappa shape index (κ3) is 3.43. The van der Waals surface area contributed by atoms with Crippen LogP contribution in [0, 0.1) is 0 Å². The highest BCUT2D eigenvalue weighted by Gasteiger charge is 2.35. The fraction of sp³-hybridized carbons (Fsp3) is 0.467. The second-order valence-corrected chi connectivity index (χ2v) is 5.42. The molecular weight excluding hydrogens is 315 g/mol. The van der Waals surface area contributed by atoms with Crippen molar-refractivity contribution in [3.05, 3.63) is 34.9 Å². The average Bonchev–Trinajstić information content (AvgIpc) is 2.81. The van der Waals surface area contributed by atoms with Gasteiger partial charge in [0.25, 0.3) is 0 Å². The zero-order valence-electron chi connectivity index (χ0n) is 12.4. The highest BCUT2D eigenvalue weighted by Crippen LogP contribution is 2.39. The molecule has 0 unspecified atom stereocenters. The van der Waals surface area contributed by atoms with E-state index in [2.05, 4.69) is 10.1 Å². The molecule has 0 saturated heterocycles. The zero-order valence-corrected chi connectivity index (χ0v) is 13.2. The van der Waals surface area contributed by atoms with Crippen molar-refractivity contribution in [3.8, 4) is 11.1 Å². The number of alkyl halides is 3. The number of rotatable bonds is 5. The zero-order chi connectivity index (χ0) is 16.3. The average molecular weight is 332 g/mol. The van der Waals surface area contributed by atoms with Gasteiger partial charge in [-0.15, -0.1) is 0 Å². The third-order valence-electron chi connectivity index (χ3n) is 3.34. The summed E-state index contributed by atoms with van der Waals surface area (Å²) in [6, 6.07) is 1.26. The molecule has 0 aliphatic heterocycles. The first kappa shape index (κ1) is 16.8. The van der Waals surface area contributed by atoms with Gasteiger partial charge in [-0.05, 0) is 18.9 Å². The van der Waals surface area contributed by atoms with Crippen LogP contribution in [0.15, 0.2) is 18.5 Å². The minimum atomic E-state index is -4.48. The summed E-state index contributed by atoms with van der Waals surface area (Å²) in [5.41, 5.74) is 0.535. The molecule has 0 radical (unpaired) electrons. The maximum Gasteiger partial charge on any atom is 0.418 e. The van der Waals surface area contributed by atoms with E-state index in [0.717, 1.165) is 24.7 Å². The van der Waals surface area contributed by atoms with Crippen LogP contribution in [0.1, 0.15) is 37.9 Å². The maximum atomic E-state index is 13.2. The minimum Gasteiger partial charge on any atom is -0.269 e. The quantitative estimate of drug-likeness (QED) is 0.723. The maximum absolute atomic E-state index is 13.2. The van der Waals surface area contributed by atoms with Crippen LogP contribution in [0.2, 0.25) is 5.15 Å². The van der Waals surface area contributed by atoms with Crippen molar-refractivity contribution in [2.24, 2.45) is 0 Å². The predicted octanol–water partition coefficient (Wildman–Crippen LogP) is 4.98. The summed E-state index contributed by atoms with van der Waals surface area (Å²) in [5.74, 6) is 0. The Balaban J connectivity index is 2.63. The molecule has 3 nitrogen and oxygen atoms in total. The van der Waals surface area contributed by atoms with Crippen LogP contribution in [0.4, 0.5) is 13.2 Å². The van der Waals surface area contributed by atoms with Gasteiger partial charge in [-0.3, -0.25) is 4.68 Å². The lowest BCUT2D eigenvalue weighted by atomic mass is 10.00. The fourth-order valence-corrected chi connectivity index (χ4v) is 2.58. The number of hydrogen-bond donors (Lipinski definition) is 0. The van der Waals surface area contributed by atoms with Gasteiger partial charge in [0.1, 0.15) is 5.15 Å². The number of hydrogen-bond acceptors (Lipinski definition) is 2. The Morgan fingerprint density at radius 3 is 2.45 bits per heavy atom. The molecule has 0 bridgehead atoms. The van der Waals surface area contributed by atoms with Crippen LogP contribution in [0.5, 0.6) is 0 Å². The topological polar surface area (TPSA) is 30.7 Å². The largest absolute Gasteiger partial charge is 0.418 e. The van der Waals surface area contributed by atoms with E-state index in [9.17, 15) is 13.2 Å². The Labute approximate surface area is 132 Å². The summed E-state index contributed by atoms with van der Waals surface area (Å²) in [7, 11) is 0. The van der Waals surface area contributed by atoms with Gasteiger partial charge in [-0.2, -0.15) is 18.3 Å². The van der Waals surface area contributed by atoms with E-state index in [0.29, 0.717) is 18.5 Å². The summed E-state index contributed by atoms with van der Waals surface area (Å²) < 4.78 is 41.5. The molecule has 2 aromatic rings. The van der Waals surface area contributed by atoms with Crippen LogP contribution in [0.25, 0.3) is 11.1 Å². The van der Waals surface area contributed by atoms with E-state index in [1.165, 1.54) is 12.3 Å². The Morgan fingerprint density at radius 2 is 1.86 bits per heavy atom. The van der Waals surface area contributed by atoms with Crippen molar-refractivity contribution in [3.63, 3.8) is 0 Å². The van der Waals surface area contributed by atoms with Gasteiger partial charge in [-0.1, -0.05) is 31.9 Å². The molecule has 0 amide bonds. The molecule has 0 aromatic carbocycles. The van der Waals surface area contributed by atoms with Crippen molar-refractivity contribution >= 4 is 11.6 Å². The van der Waals surface area contributed by atoms with Crippen molar-refractivity contribution < 1.29 is 13.2 Å². The van der Waals surface area contributed by atoms with Crippen LogP contribution >= 0.6 is 11.6 Å². The molecule has 2 aromatic heterocycles. The van der Waals surface area contributed by atoms with Crippen molar-refractivity contribution in [1.29, 1.82) is 0 Å². The van der Waals surface area contributed by atoms with Gasteiger partial charge in [0.05, 0.1) is 11.8 Å². The van der Waals surface area contributed by atoms with E-state index in [1.807, 2.05) is 13.8 Å². The smallest absolute Gasteiger partial charge is 0.269 e. The van der Waals surface area contributed by atoms with Crippen LogP contribution < -0.4 is 0 Å². The van der Waals surface area contributed by atoms with Crippen molar-refractivity contribution in [2.75, 3.05) is 0 Å². The first-order valence-electron chi connectivity index (χ1n) is 7.16. The van der Waals surface area contributed by atoms with Gasteiger partial charge in [0, 0.05) is 29.6 Å². The molecule has 2 heterocycles. The molecule has 22 heavy (non-hydrogen) atoms. The molecule has 120 valence electrons. The number of nitrogens with zero attached hydrogens (tertiary/aromatic N) is 3. The lowest BCUT2D eigenvalue weighted by Gasteiger charge is -2.14. The second-order valence-electron chi connectivity index (χ2n) is 5.03. The Hall–Kier alpha value is -1.56. The van der Waals surface area contributed by atoms with E-state index < -0.39 is 11.7 Å². The first-order valence-corrected chi connectivity index (χ1v) is 7.54. The molecule has 0 atom stereocenters. The number of aromatic nitrogens is 3. The molecule has 0 aliphatic rings. The molecule has 0 fully saturated rings. The van der Waals surface area contributed by atoms with E-state index in [-0.39, 0.29) is 10.7 Å². The van der Waals surface area contributed by atoms with Crippen LogP contribution in [-0.2, 0) is 19.1 Å². The lowest BCUT2D eigenvalue weighted by Crippen LogP contribution is -2.09. The Bertz CT molecular complexity index is 650. The van der Waals surface area contributed by atoms with E-state index in [4.69, 9.17) is 11.6 Å². The second kappa shape index (κ2) is 6.69. The highest BCUT2D eigenvalue weighted by atomic mass is 35.5. The Morgan fingerprint density at radius 1 is 1.14 bits per heavy atom. The van der Waals surface area contributed by atoms with Gasteiger partial charge < -0.3 is 0 Å². The number of aryl methyl sites for hydroxylation is 1. The van der Waals surface area contributed by atoms with Crippen molar-refractivity contribution in [2.45, 2.75) is 45.8 Å². The fourth-order valence-electron chi connectivity index (χ4n) is 2.42. The van der Waals surface area contributed by atoms with Gasteiger partial charge in [0.2, 0.25) is 0 Å². The summed E-state index contributed by atoms with van der Waals surface area (Å²) >= 11 is 5.81. The predicted molar refractivity (Wildman–Crippen MR) is 79.8 cm³/mol. The van der Waals surface area contributed by atoms with Gasteiger partial charge in [-0.25, -0.2) is 4.98 Å². The molecule has 2 rings (SSSR count). The molecule has 0 spiro atoms. The minimum absolute atomic E-state index is 0.0358. The molecule has 7 heteroatoms.